The standard InChI is InChI=1S/C30H33N3O4/c1-19-16-22-17-21(8-11-24(22)37-19)27(34)25-26(20-6-9-23(10-7-20)30(2,3)4)33(29(36)28(25)35)14-5-13-32-15-12-31-18-32/h6-12,15,17-19,26H,5,13-14,16H2,1-4H3,(H,34,35). The van der Waals surface area contributed by atoms with Crippen LogP contribution < -0.4 is 14.4 Å². The molecule has 192 valence electrons. The summed E-state index contributed by atoms with van der Waals surface area (Å²) in [7, 11) is 0. The zero-order valence-corrected chi connectivity index (χ0v) is 21.8. The number of ether oxygens (including phenoxy) is 1. The van der Waals surface area contributed by atoms with Gasteiger partial charge in [0.05, 0.1) is 12.6 Å². The molecule has 7 nitrogen and oxygen atoms in total. The van der Waals surface area contributed by atoms with E-state index in [4.69, 9.17) is 4.74 Å². The predicted molar refractivity (Wildman–Crippen MR) is 137 cm³/mol. The quantitative estimate of drug-likeness (QED) is 0.244. The molecular weight excluding hydrogens is 466 g/mol. The van der Waals surface area contributed by atoms with Crippen LogP contribution in [0, 0.1) is 0 Å². The van der Waals surface area contributed by atoms with E-state index in [0.717, 1.165) is 22.4 Å². The van der Waals surface area contributed by atoms with Crippen molar-refractivity contribution in [2.24, 2.45) is 0 Å². The molecule has 1 amide bonds. The number of benzene rings is 2. The van der Waals surface area contributed by atoms with Gasteiger partial charge in [0.1, 0.15) is 24.2 Å². The van der Waals surface area contributed by atoms with Gasteiger partial charge in [-0.15, -0.1) is 0 Å². The van der Waals surface area contributed by atoms with Crippen molar-refractivity contribution in [2.75, 3.05) is 6.54 Å². The molecule has 1 saturated heterocycles. The van der Waals surface area contributed by atoms with Gasteiger partial charge in [0.15, 0.2) is 0 Å². The van der Waals surface area contributed by atoms with Crippen molar-refractivity contribution in [1.82, 2.24) is 9.88 Å². The molecule has 2 aliphatic heterocycles. The Morgan fingerprint density at radius 3 is 2.59 bits per heavy atom. The summed E-state index contributed by atoms with van der Waals surface area (Å²) >= 11 is 0. The van der Waals surface area contributed by atoms with E-state index in [1.165, 1.54) is 0 Å². The van der Waals surface area contributed by atoms with Gasteiger partial charge in [0.2, 0.25) is 12.1 Å². The van der Waals surface area contributed by atoms with Crippen molar-refractivity contribution in [3.8, 4) is 5.75 Å². The first-order valence-electron chi connectivity index (χ1n) is 12.8. The van der Waals surface area contributed by atoms with E-state index in [9.17, 15) is 14.7 Å². The Morgan fingerprint density at radius 2 is 1.92 bits per heavy atom. The van der Waals surface area contributed by atoms with E-state index in [2.05, 4.69) is 25.8 Å². The third kappa shape index (κ3) is 4.78. The van der Waals surface area contributed by atoms with E-state index in [1.54, 1.807) is 23.1 Å². The Morgan fingerprint density at radius 1 is 1.16 bits per heavy atom. The van der Waals surface area contributed by atoms with E-state index in [-0.39, 0.29) is 17.1 Å². The van der Waals surface area contributed by atoms with Crippen molar-refractivity contribution >= 4 is 17.4 Å². The number of nitrogens with one attached hydrogen (secondary N) is 1. The highest BCUT2D eigenvalue weighted by Crippen LogP contribution is 2.40. The van der Waals surface area contributed by atoms with E-state index in [1.807, 2.05) is 54.5 Å². The summed E-state index contributed by atoms with van der Waals surface area (Å²) in [6.45, 7) is 9.43. The number of carbonyl (C=O) groups is 2. The molecule has 5 rings (SSSR count). The van der Waals surface area contributed by atoms with Gasteiger partial charge in [-0.05, 0) is 46.7 Å². The molecule has 0 spiro atoms. The lowest BCUT2D eigenvalue weighted by molar-refractivity contribution is -0.695. The molecule has 3 heterocycles. The molecular formula is C30H33N3O4. The average molecular weight is 500 g/mol. The van der Waals surface area contributed by atoms with Gasteiger partial charge >= 0.3 is 0 Å². The predicted octanol–water partition coefficient (Wildman–Crippen LogP) is 3.24. The summed E-state index contributed by atoms with van der Waals surface area (Å²) in [5.74, 6) is -0.964. The minimum absolute atomic E-state index is 0.0229. The fourth-order valence-corrected chi connectivity index (χ4v) is 5.21. The van der Waals surface area contributed by atoms with Gasteiger partial charge in [-0.1, -0.05) is 56.9 Å². The van der Waals surface area contributed by atoms with Gasteiger partial charge in [-0.25, -0.2) is 4.57 Å². The summed E-state index contributed by atoms with van der Waals surface area (Å²) in [5, 5.41) is 13.8. The highest BCUT2D eigenvalue weighted by Gasteiger charge is 2.44. The summed E-state index contributed by atoms with van der Waals surface area (Å²) < 4.78 is 7.76. The summed E-state index contributed by atoms with van der Waals surface area (Å²) in [4.78, 5) is 31.2. The van der Waals surface area contributed by atoms with E-state index >= 15 is 0 Å². The molecule has 0 radical (unpaired) electrons. The van der Waals surface area contributed by atoms with Crippen LogP contribution in [-0.4, -0.2) is 34.2 Å². The fourth-order valence-electron chi connectivity index (χ4n) is 5.21. The normalized spacial score (nSPS) is 20.8. The summed E-state index contributed by atoms with van der Waals surface area (Å²) in [6, 6.07) is 12.5. The van der Waals surface area contributed by atoms with Gasteiger partial charge < -0.3 is 14.7 Å². The number of ketones is 1. The van der Waals surface area contributed by atoms with Crippen LogP contribution in [-0.2, 0) is 28.0 Å². The molecule has 1 N–H and O–H groups in total. The lowest BCUT2D eigenvalue weighted by Crippen LogP contribution is -2.36. The smallest absolute Gasteiger partial charge is 0.295 e. The lowest BCUT2D eigenvalue weighted by atomic mass is 9.85. The maximum atomic E-state index is 13.8. The van der Waals surface area contributed by atoms with Gasteiger partial charge in [0.25, 0.3) is 5.91 Å². The summed E-state index contributed by atoms with van der Waals surface area (Å²) in [5.41, 5.74) is 3.25. The van der Waals surface area contributed by atoms with Crippen LogP contribution in [0.4, 0.5) is 0 Å². The average Bonchev–Trinajstić information content (AvgIpc) is 3.57. The van der Waals surface area contributed by atoms with Gasteiger partial charge in [0, 0.05) is 25.0 Å². The minimum Gasteiger partial charge on any atom is -0.872 e. The SMILES string of the molecule is CC1Cc2cc(/C([O-])=C3\C(=O)C(=O)N(CCC[n+]4cc[nH]c4)C3c3ccc(C(C)(C)C)cc3)ccc2O1. The lowest BCUT2D eigenvalue weighted by Gasteiger charge is -2.28. The number of hydrogen-bond donors (Lipinski definition) is 1. The first-order valence-corrected chi connectivity index (χ1v) is 12.8. The Kier molecular flexibility index (Phi) is 6.40. The number of Topliss-reactive ketones (excluding diaryl/α,β-unsaturated/α-hetero) is 1. The molecule has 2 unspecified atom stereocenters. The Labute approximate surface area is 217 Å². The molecule has 0 bridgehead atoms. The number of nitrogens with zero attached hydrogens (tertiary/aromatic N) is 2. The largest absolute Gasteiger partial charge is 0.872 e. The Balaban J connectivity index is 1.54. The zero-order valence-electron chi connectivity index (χ0n) is 21.8. The number of amides is 1. The molecule has 2 atom stereocenters. The van der Waals surface area contributed by atoms with Crippen LogP contribution in [0.25, 0.3) is 5.76 Å². The molecule has 37 heavy (non-hydrogen) atoms. The number of hydrogen-bond acceptors (Lipinski definition) is 4. The van der Waals surface area contributed by atoms with Gasteiger partial charge in [-0.2, -0.15) is 0 Å². The number of rotatable bonds is 6. The van der Waals surface area contributed by atoms with Gasteiger partial charge in [-0.3, -0.25) is 14.6 Å². The molecule has 1 aromatic heterocycles. The number of likely N-dealkylation sites (tertiary alicyclic amines) is 1. The highest BCUT2D eigenvalue weighted by molar-refractivity contribution is 6.46. The second-order valence-corrected chi connectivity index (χ2v) is 11.0. The first-order chi connectivity index (χ1) is 17.6. The Bertz CT molecular complexity index is 1350. The first kappa shape index (κ1) is 24.8. The second-order valence-electron chi connectivity index (χ2n) is 11.0. The molecule has 2 aromatic carbocycles. The number of aromatic nitrogens is 2. The molecule has 0 aliphatic carbocycles. The monoisotopic (exact) mass is 499 g/mol. The number of imidazole rings is 1. The third-order valence-corrected chi connectivity index (χ3v) is 7.20. The van der Waals surface area contributed by atoms with E-state index < -0.39 is 23.5 Å². The minimum atomic E-state index is -0.721. The van der Waals surface area contributed by atoms with Crippen molar-refractivity contribution in [1.29, 1.82) is 0 Å². The van der Waals surface area contributed by atoms with Crippen LogP contribution in [0.2, 0.25) is 0 Å². The number of H-pyrrole nitrogens is 1. The topological polar surface area (TPSA) is 89.3 Å². The molecule has 2 aliphatic rings. The van der Waals surface area contributed by atoms with Crippen LogP contribution in [0.3, 0.4) is 0 Å². The fraction of sp³-hybridized carbons (Fsp3) is 0.367. The number of fused-ring (bicyclic) bond motifs is 1. The maximum absolute atomic E-state index is 13.8. The maximum Gasteiger partial charge on any atom is 0.295 e. The second kappa shape index (κ2) is 9.54. The van der Waals surface area contributed by atoms with Crippen LogP contribution in [0.15, 0.2) is 66.8 Å². The number of aryl methyl sites for hydroxylation is 1. The third-order valence-electron chi connectivity index (χ3n) is 7.20. The molecule has 3 aromatic rings. The summed E-state index contributed by atoms with van der Waals surface area (Å²) in [6.07, 6.45) is 6.99. The van der Waals surface area contributed by atoms with Crippen molar-refractivity contribution in [3.63, 3.8) is 0 Å². The number of carbonyl (C=O) groups excluding carboxylic acids is 2. The number of aromatic amines is 1. The van der Waals surface area contributed by atoms with E-state index in [0.29, 0.717) is 31.5 Å². The molecule has 1 fully saturated rings. The molecule has 0 saturated carbocycles. The zero-order chi connectivity index (χ0) is 26.3. The molecule has 7 heteroatoms. The van der Waals surface area contributed by atoms with Crippen LogP contribution >= 0.6 is 0 Å². The van der Waals surface area contributed by atoms with Crippen molar-refractivity contribution < 1.29 is 24.0 Å². The van der Waals surface area contributed by atoms with Crippen molar-refractivity contribution in [3.05, 3.63) is 89.0 Å². The van der Waals surface area contributed by atoms with Crippen LogP contribution in [0.1, 0.15) is 62.4 Å². The van der Waals surface area contributed by atoms with Crippen molar-refractivity contribution in [2.45, 2.75) is 64.6 Å². The Hall–Kier alpha value is -3.87. The highest BCUT2D eigenvalue weighted by atomic mass is 16.5. The van der Waals surface area contributed by atoms with Crippen LogP contribution in [0.5, 0.6) is 5.75 Å².